The average Bonchev–Trinajstić information content (AvgIpc) is 2.35. The van der Waals surface area contributed by atoms with Crippen molar-refractivity contribution in [3.63, 3.8) is 0 Å². The molecule has 0 amide bonds. The summed E-state index contributed by atoms with van der Waals surface area (Å²) in [6, 6.07) is 6.03. The maximum atomic E-state index is 8.78. The number of nitrogens with two attached hydrogens (primary N) is 1. The topological polar surface area (TPSA) is 84.6 Å². The molecule has 1 aromatic rings. The number of ether oxygens (including phenoxy) is 2. The smallest absolute Gasteiger partial charge is 0.122 e. The Bertz CT molecular complexity index is 345. The Kier molecular flexibility index (Phi) is 9.26. The maximum Gasteiger partial charge on any atom is 0.122 e. The molecule has 0 spiro atoms. The quantitative estimate of drug-likeness (QED) is 0.829. The van der Waals surface area contributed by atoms with Gasteiger partial charge in [0.05, 0.1) is 14.2 Å². The van der Waals surface area contributed by atoms with Gasteiger partial charge in [0.1, 0.15) is 11.5 Å². The first-order valence-electron chi connectivity index (χ1n) is 5.59. The van der Waals surface area contributed by atoms with E-state index in [1.54, 1.807) is 14.2 Å². The van der Waals surface area contributed by atoms with Gasteiger partial charge in [-0.05, 0) is 30.5 Å². The van der Waals surface area contributed by atoms with Crippen molar-refractivity contribution in [2.24, 2.45) is 5.14 Å². The zero-order chi connectivity index (χ0) is 14.0. The van der Waals surface area contributed by atoms with Crippen LogP contribution in [0.2, 0.25) is 0 Å². The molecule has 1 atom stereocenters. The van der Waals surface area contributed by atoms with Gasteiger partial charge in [-0.1, -0.05) is 13.3 Å². The molecule has 6 heteroatoms. The van der Waals surface area contributed by atoms with E-state index in [1.165, 1.54) is 18.4 Å². The lowest BCUT2D eigenvalue weighted by Crippen LogP contribution is -1.97. The van der Waals surface area contributed by atoms with Crippen molar-refractivity contribution in [1.29, 1.82) is 0 Å². The van der Waals surface area contributed by atoms with E-state index in [-0.39, 0.29) is 0 Å². The molecule has 0 bridgehead atoms. The molecule has 5 nitrogen and oxygen atoms in total. The van der Waals surface area contributed by atoms with E-state index in [1.807, 2.05) is 6.07 Å². The van der Waals surface area contributed by atoms with Crippen LogP contribution in [0.1, 0.15) is 25.3 Å². The summed E-state index contributed by atoms with van der Waals surface area (Å²) in [7, 11) is 3.36. The first-order valence-corrected chi connectivity index (χ1v) is 6.72. The molecule has 18 heavy (non-hydrogen) atoms. The van der Waals surface area contributed by atoms with Crippen LogP contribution >= 0.6 is 0 Å². The van der Waals surface area contributed by atoms with Gasteiger partial charge in [-0.3, -0.25) is 9.35 Å². The lowest BCUT2D eigenvalue weighted by Gasteiger charge is -2.07. The minimum atomic E-state index is -2.36. The zero-order valence-corrected chi connectivity index (χ0v) is 11.8. The highest BCUT2D eigenvalue weighted by Gasteiger charge is 2.00. The number of unbranched alkanes of at least 4 members (excludes halogenated alkanes) is 1. The molecule has 0 radical (unpaired) electrons. The van der Waals surface area contributed by atoms with E-state index in [0.29, 0.717) is 0 Å². The summed E-state index contributed by atoms with van der Waals surface area (Å²) in [5.74, 6) is 1.74. The van der Waals surface area contributed by atoms with E-state index in [2.05, 4.69) is 24.2 Å². The minimum absolute atomic E-state index is 0.871. The monoisotopic (exact) mass is 274 g/mol. The summed E-state index contributed by atoms with van der Waals surface area (Å²) < 4.78 is 28.0. The number of rotatable bonds is 5. The van der Waals surface area contributed by atoms with E-state index >= 15 is 0 Å². The Morgan fingerprint density at radius 3 is 2.00 bits per heavy atom. The standard InChI is InChI=1S/C12H18O2.H3NO2S/c1-4-5-6-10-7-11(13-2)9-12(8-10)14-3;1-4(2)3/h7-9H,4-6H2,1-3H3;1H2,(H,2,3)/p-1. The highest BCUT2D eigenvalue weighted by Crippen LogP contribution is 2.23. The summed E-state index contributed by atoms with van der Waals surface area (Å²) in [6.45, 7) is 2.19. The summed E-state index contributed by atoms with van der Waals surface area (Å²) >= 11 is -2.36. The fourth-order valence-electron chi connectivity index (χ4n) is 1.39. The second-order valence-corrected chi connectivity index (χ2v) is 4.11. The third-order valence-corrected chi connectivity index (χ3v) is 2.23. The summed E-state index contributed by atoms with van der Waals surface area (Å²) in [5, 5.41) is 4.03. The normalized spacial score (nSPS) is 11.2. The average molecular weight is 274 g/mol. The number of benzene rings is 1. The third-order valence-electron chi connectivity index (χ3n) is 2.23. The van der Waals surface area contributed by atoms with Gasteiger partial charge < -0.3 is 14.0 Å². The molecule has 0 saturated heterocycles. The Morgan fingerprint density at radius 2 is 1.67 bits per heavy atom. The number of hydrogen-bond donors (Lipinski definition) is 1. The second-order valence-electron chi connectivity index (χ2n) is 3.58. The first-order chi connectivity index (χ1) is 8.53. The van der Waals surface area contributed by atoms with Gasteiger partial charge in [0, 0.05) is 17.3 Å². The molecule has 104 valence electrons. The Hall–Kier alpha value is -1.11. The molecule has 0 aromatic heterocycles. The fourth-order valence-corrected chi connectivity index (χ4v) is 1.39. The van der Waals surface area contributed by atoms with Crippen molar-refractivity contribution in [1.82, 2.24) is 0 Å². The number of methoxy groups -OCH3 is 2. The summed E-state index contributed by atoms with van der Waals surface area (Å²) in [5.41, 5.74) is 1.28. The highest BCUT2D eigenvalue weighted by molar-refractivity contribution is 7.76. The Morgan fingerprint density at radius 1 is 1.22 bits per heavy atom. The molecule has 0 fully saturated rings. The fraction of sp³-hybridized carbons (Fsp3) is 0.500. The molecule has 1 aromatic carbocycles. The molecule has 2 N–H and O–H groups in total. The molecular formula is C12H20NO4S-. The van der Waals surface area contributed by atoms with Gasteiger partial charge in [-0.25, -0.2) is 0 Å². The van der Waals surface area contributed by atoms with Crippen LogP contribution in [0.3, 0.4) is 0 Å². The van der Waals surface area contributed by atoms with Crippen LogP contribution in [-0.2, 0) is 17.7 Å². The van der Waals surface area contributed by atoms with Gasteiger partial charge >= 0.3 is 0 Å². The lowest BCUT2D eigenvalue weighted by atomic mass is 10.1. The lowest BCUT2D eigenvalue weighted by molar-refractivity contribution is 0.393. The van der Waals surface area contributed by atoms with Crippen molar-refractivity contribution in [2.45, 2.75) is 26.2 Å². The molecule has 1 unspecified atom stereocenters. The Balaban J connectivity index is 0.000000631. The van der Waals surface area contributed by atoms with Crippen LogP contribution in [0.5, 0.6) is 11.5 Å². The van der Waals surface area contributed by atoms with E-state index in [0.717, 1.165) is 17.9 Å². The molecule has 0 aliphatic heterocycles. The molecular weight excluding hydrogens is 254 g/mol. The largest absolute Gasteiger partial charge is 0.760 e. The predicted octanol–water partition coefficient (Wildman–Crippen LogP) is 1.79. The maximum absolute atomic E-state index is 8.78. The molecule has 1 rings (SSSR count). The van der Waals surface area contributed by atoms with Crippen LogP contribution in [-0.4, -0.2) is 23.0 Å². The molecule has 0 aliphatic carbocycles. The van der Waals surface area contributed by atoms with Gasteiger partial charge in [0.2, 0.25) is 0 Å². The van der Waals surface area contributed by atoms with Crippen molar-refractivity contribution in [2.75, 3.05) is 14.2 Å². The van der Waals surface area contributed by atoms with E-state index in [4.69, 9.17) is 18.2 Å². The molecule has 0 saturated carbocycles. The van der Waals surface area contributed by atoms with Gasteiger partial charge in [0.15, 0.2) is 0 Å². The van der Waals surface area contributed by atoms with Crippen molar-refractivity contribution >= 4 is 11.3 Å². The number of hydrogen-bond acceptors (Lipinski definition) is 4. The minimum Gasteiger partial charge on any atom is -0.760 e. The van der Waals surface area contributed by atoms with Crippen LogP contribution in [0.4, 0.5) is 0 Å². The summed E-state index contributed by atoms with van der Waals surface area (Å²) in [4.78, 5) is 0. The van der Waals surface area contributed by atoms with Crippen molar-refractivity contribution < 1.29 is 18.2 Å². The SMILES string of the molecule is CCCCc1cc(OC)cc(OC)c1.NS(=O)[O-]. The molecule has 0 heterocycles. The van der Waals surface area contributed by atoms with Crippen molar-refractivity contribution in [3.05, 3.63) is 23.8 Å². The third kappa shape index (κ3) is 8.05. The van der Waals surface area contributed by atoms with E-state index in [9.17, 15) is 0 Å². The second kappa shape index (κ2) is 9.87. The summed E-state index contributed by atoms with van der Waals surface area (Å²) in [6.07, 6.45) is 3.50. The van der Waals surface area contributed by atoms with Crippen LogP contribution in [0.25, 0.3) is 0 Å². The zero-order valence-electron chi connectivity index (χ0n) is 11.0. The van der Waals surface area contributed by atoms with Gasteiger partial charge in [0.25, 0.3) is 0 Å². The van der Waals surface area contributed by atoms with E-state index < -0.39 is 11.3 Å². The number of aryl methyl sites for hydroxylation is 1. The van der Waals surface area contributed by atoms with Crippen molar-refractivity contribution in [3.8, 4) is 11.5 Å². The highest BCUT2D eigenvalue weighted by atomic mass is 32.2. The molecule has 0 aliphatic rings. The van der Waals surface area contributed by atoms with Gasteiger partial charge in [-0.15, -0.1) is 0 Å². The predicted molar refractivity (Wildman–Crippen MR) is 71.3 cm³/mol. The van der Waals surface area contributed by atoms with Crippen LogP contribution in [0, 0.1) is 0 Å². The van der Waals surface area contributed by atoms with Crippen LogP contribution < -0.4 is 14.6 Å². The Labute approximate surface area is 111 Å². The van der Waals surface area contributed by atoms with Gasteiger partial charge in [-0.2, -0.15) is 0 Å². The first kappa shape index (κ1) is 16.9. The van der Waals surface area contributed by atoms with Crippen LogP contribution in [0.15, 0.2) is 18.2 Å².